The molecule has 0 saturated heterocycles. The van der Waals surface area contributed by atoms with Crippen LogP contribution in [0.5, 0.6) is 0 Å². The molecule has 0 bridgehead atoms. The van der Waals surface area contributed by atoms with Crippen molar-refractivity contribution < 1.29 is 14.3 Å². The lowest BCUT2D eigenvalue weighted by molar-refractivity contribution is -0.144. The first-order valence-electron chi connectivity index (χ1n) is 6.69. The molecule has 19 heavy (non-hydrogen) atoms. The minimum atomic E-state index is -0.594. The monoisotopic (exact) mass is 273 g/mol. The number of methoxy groups -OCH3 is 1. The van der Waals surface area contributed by atoms with Crippen molar-refractivity contribution in [3.05, 3.63) is 0 Å². The number of ether oxygens (including phenoxy) is 1. The van der Waals surface area contributed by atoms with Crippen LogP contribution in [0.25, 0.3) is 0 Å². The minimum absolute atomic E-state index is 0.0416. The maximum Gasteiger partial charge on any atom is 0.328 e. The molecular formula is C13H27N3O3. The maximum absolute atomic E-state index is 11.7. The average molecular weight is 273 g/mol. The summed E-state index contributed by atoms with van der Waals surface area (Å²) in [7, 11) is 5.29. The van der Waals surface area contributed by atoms with Crippen molar-refractivity contribution in [3.63, 3.8) is 0 Å². The fraction of sp³-hybridized carbons (Fsp3) is 0.846. The first-order chi connectivity index (χ1) is 8.92. The zero-order chi connectivity index (χ0) is 14.8. The third kappa shape index (κ3) is 7.66. The summed E-state index contributed by atoms with van der Waals surface area (Å²) < 4.78 is 4.71. The molecule has 0 aromatic carbocycles. The Morgan fingerprint density at radius 2 is 1.95 bits per heavy atom. The predicted molar refractivity (Wildman–Crippen MR) is 75.0 cm³/mol. The highest BCUT2D eigenvalue weighted by molar-refractivity contribution is 5.83. The van der Waals surface area contributed by atoms with Crippen molar-refractivity contribution in [1.82, 2.24) is 15.5 Å². The van der Waals surface area contributed by atoms with E-state index in [4.69, 9.17) is 4.74 Å². The molecule has 2 atom stereocenters. The van der Waals surface area contributed by atoms with Crippen molar-refractivity contribution in [1.29, 1.82) is 0 Å². The van der Waals surface area contributed by atoms with E-state index in [1.54, 1.807) is 0 Å². The summed E-state index contributed by atoms with van der Waals surface area (Å²) in [6.07, 6.45) is 1.66. The Morgan fingerprint density at radius 1 is 1.32 bits per heavy atom. The smallest absolute Gasteiger partial charge is 0.328 e. The third-order valence-electron chi connectivity index (χ3n) is 3.02. The molecule has 0 aliphatic carbocycles. The quantitative estimate of drug-likeness (QED) is 0.507. The van der Waals surface area contributed by atoms with Crippen LogP contribution in [-0.4, -0.2) is 57.2 Å². The number of rotatable bonds is 8. The molecule has 0 aliphatic heterocycles. The molecule has 0 radical (unpaired) electrons. The van der Waals surface area contributed by atoms with Gasteiger partial charge in [0.25, 0.3) is 0 Å². The van der Waals surface area contributed by atoms with Crippen LogP contribution in [0.1, 0.15) is 26.7 Å². The Morgan fingerprint density at radius 3 is 2.42 bits per heavy atom. The number of amides is 2. The van der Waals surface area contributed by atoms with Crippen LogP contribution in [0.15, 0.2) is 0 Å². The fourth-order valence-corrected chi connectivity index (χ4v) is 1.59. The van der Waals surface area contributed by atoms with Crippen LogP contribution < -0.4 is 10.6 Å². The summed E-state index contributed by atoms with van der Waals surface area (Å²) in [6, 6.07) is -0.918. The van der Waals surface area contributed by atoms with Crippen LogP contribution in [0.3, 0.4) is 0 Å². The van der Waals surface area contributed by atoms with E-state index in [9.17, 15) is 9.59 Å². The molecule has 0 fully saturated rings. The molecule has 0 aromatic heterocycles. The molecular weight excluding hydrogens is 246 g/mol. The van der Waals surface area contributed by atoms with E-state index in [0.29, 0.717) is 6.54 Å². The summed E-state index contributed by atoms with van der Waals surface area (Å²) in [4.78, 5) is 25.3. The van der Waals surface area contributed by atoms with Gasteiger partial charge in [-0.25, -0.2) is 9.59 Å². The predicted octanol–water partition coefficient (Wildman–Crippen LogP) is 0.825. The standard InChI is InChI=1S/C13H27N3O3/c1-6-10(2)11(12(17)19-5)15-13(18)14-8-7-9-16(3)4/h10-11H,6-9H2,1-5H3,(H2,14,15,18). The van der Waals surface area contributed by atoms with E-state index in [1.807, 2.05) is 27.9 Å². The SMILES string of the molecule is CCC(C)C(NC(=O)NCCCN(C)C)C(=O)OC. The molecule has 0 rings (SSSR count). The van der Waals surface area contributed by atoms with Gasteiger partial charge in [-0.15, -0.1) is 0 Å². The number of nitrogens with one attached hydrogen (secondary N) is 2. The molecule has 0 saturated carbocycles. The molecule has 0 spiro atoms. The zero-order valence-electron chi connectivity index (χ0n) is 12.7. The third-order valence-corrected chi connectivity index (χ3v) is 3.02. The highest BCUT2D eigenvalue weighted by Crippen LogP contribution is 2.08. The average Bonchev–Trinajstić information content (AvgIpc) is 2.39. The lowest BCUT2D eigenvalue weighted by atomic mass is 9.99. The van der Waals surface area contributed by atoms with Gasteiger partial charge in [0.2, 0.25) is 0 Å². The topological polar surface area (TPSA) is 70.7 Å². The van der Waals surface area contributed by atoms with E-state index < -0.39 is 12.0 Å². The molecule has 2 unspecified atom stereocenters. The van der Waals surface area contributed by atoms with Gasteiger partial charge in [-0.1, -0.05) is 20.3 Å². The van der Waals surface area contributed by atoms with E-state index in [0.717, 1.165) is 19.4 Å². The van der Waals surface area contributed by atoms with E-state index in [2.05, 4.69) is 15.5 Å². The fourth-order valence-electron chi connectivity index (χ4n) is 1.59. The minimum Gasteiger partial charge on any atom is -0.467 e. The van der Waals surface area contributed by atoms with Crippen molar-refractivity contribution in [2.75, 3.05) is 34.3 Å². The second-order valence-electron chi connectivity index (χ2n) is 4.94. The largest absolute Gasteiger partial charge is 0.467 e. The molecule has 6 heteroatoms. The zero-order valence-corrected chi connectivity index (χ0v) is 12.7. The van der Waals surface area contributed by atoms with Crippen LogP contribution in [0, 0.1) is 5.92 Å². The summed E-state index contributed by atoms with van der Waals surface area (Å²) in [5.41, 5.74) is 0. The summed E-state index contributed by atoms with van der Waals surface area (Å²) >= 11 is 0. The van der Waals surface area contributed by atoms with Gasteiger partial charge in [0.15, 0.2) is 0 Å². The molecule has 2 N–H and O–H groups in total. The Kier molecular flexibility index (Phi) is 8.95. The van der Waals surface area contributed by atoms with Gasteiger partial charge >= 0.3 is 12.0 Å². The van der Waals surface area contributed by atoms with Gasteiger partial charge in [0.1, 0.15) is 6.04 Å². The molecule has 0 aromatic rings. The number of urea groups is 1. The molecule has 0 aliphatic rings. The second kappa shape index (κ2) is 9.61. The Balaban J connectivity index is 4.13. The summed E-state index contributed by atoms with van der Waals surface area (Å²) in [5.74, 6) is -0.363. The number of hydrogen-bond donors (Lipinski definition) is 2. The lowest BCUT2D eigenvalue weighted by Gasteiger charge is -2.22. The number of carbonyl (C=O) groups excluding carboxylic acids is 2. The van der Waals surface area contributed by atoms with Gasteiger partial charge in [-0.3, -0.25) is 0 Å². The van der Waals surface area contributed by atoms with Gasteiger partial charge in [-0.05, 0) is 33.0 Å². The Bertz CT molecular complexity index is 282. The maximum atomic E-state index is 11.7. The van der Waals surface area contributed by atoms with Crippen molar-refractivity contribution in [2.24, 2.45) is 5.92 Å². The van der Waals surface area contributed by atoms with E-state index in [1.165, 1.54) is 7.11 Å². The summed E-state index contributed by atoms with van der Waals surface area (Å²) in [6.45, 7) is 5.37. The van der Waals surface area contributed by atoms with Crippen molar-refractivity contribution in [2.45, 2.75) is 32.7 Å². The van der Waals surface area contributed by atoms with Gasteiger partial charge in [0, 0.05) is 6.54 Å². The van der Waals surface area contributed by atoms with Gasteiger partial charge < -0.3 is 20.3 Å². The normalized spacial score (nSPS) is 13.8. The molecule has 2 amide bonds. The van der Waals surface area contributed by atoms with Gasteiger partial charge in [-0.2, -0.15) is 0 Å². The van der Waals surface area contributed by atoms with Gasteiger partial charge in [0.05, 0.1) is 7.11 Å². The van der Waals surface area contributed by atoms with Crippen molar-refractivity contribution in [3.8, 4) is 0 Å². The molecule has 0 heterocycles. The first kappa shape index (κ1) is 17.7. The lowest BCUT2D eigenvalue weighted by Crippen LogP contribution is -2.49. The molecule has 6 nitrogen and oxygen atoms in total. The van der Waals surface area contributed by atoms with Crippen LogP contribution in [0.4, 0.5) is 4.79 Å². The van der Waals surface area contributed by atoms with E-state index >= 15 is 0 Å². The number of hydrogen-bond acceptors (Lipinski definition) is 4. The van der Waals surface area contributed by atoms with E-state index in [-0.39, 0.29) is 11.9 Å². The number of nitrogens with zero attached hydrogens (tertiary/aromatic N) is 1. The Hall–Kier alpha value is -1.30. The highest BCUT2D eigenvalue weighted by Gasteiger charge is 2.26. The second-order valence-corrected chi connectivity index (χ2v) is 4.94. The summed E-state index contributed by atoms with van der Waals surface area (Å²) in [5, 5.41) is 5.41. The highest BCUT2D eigenvalue weighted by atomic mass is 16.5. The number of carbonyl (C=O) groups is 2. The van der Waals surface area contributed by atoms with Crippen LogP contribution in [0.2, 0.25) is 0 Å². The Labute approximate surface area is 115 Å². The first-order valence-corrected chi connectivity index (χ1v) is 6.69. The van der Waals surface area contributed by atoms with Crippen molar-refractivity contribution >= 4 is 12.0 Å². The number of esters is 1. The van der Waals surface area contributed by atoms with Crippen LogP contribution >= 0.6 is 0 Å². The van der Waals surface area contributed by atoms with Crippen LogP contribution in [-0.2, 0) is 9.53 Å². The molecule has 112 valence electrons.